The molecule has 7 nitrogen and oxygen atoms in total. The van der Waals surface area contributed by atoms with E-state index < -0.39 is 28.3 Å². The summed E-state index contributed by atoms with van der Waals surface area (Å²) < 4.78 is 38.8. The zero-order valence-corrected chi connectivity index (χ0v) is 16.7. The van der Waals surface area contributed by atoms with Crippen LogP contribution in [-0.2, 0) is 6.18 Å². The summed E-state index contributed by atoms with van der Waals surface area (Å²) in [5, 5.41) is 11.7. The third-order valence-corrected chi connectivity index (χ3v) is 6.18. The molecule has 152 valence electrons. The summed E-state index contributed by atoms with van der Waals surface area (Å²) in [5.41, 5.74) is 2.70. The summed E-state index contributed by atoms with van der Waals surface area (Å²) >= 11 is 8.28. The molecule has 1 aromatic carbocycles. The minimum Gasteiger partial charge on any atom is -0.292 e. The molecule has 0 saturated heterocycles. The Morgan fingerprint density at radius 2 is 1.97 bits per heavy atom. The van der Waals surface area contributed by atoms with Gasteiger partial charge < -0.3 is 0 Å². The van der Waals surface area contributed by atoms with E-state index in [1.54, 1.807) is 19.1 Å². The van der Waals surface area contributed by atoms with Crippen LogP contribution in [0.2, 0.25) is 4.34 Å². The number of nitro groups is 1. The van der Waals surface area contributed by atoms with Crippen LogP contribution in [0, 0.1) is 17.0 Å². The summed E-state index contributed by atoms with van der Waals surface area (Å²) in [6, 6.07) is 5.41. The highest BCUT2D eigenvalue weighted by Crippen LogP contribution is 2.36. The van der Waals surface area contributed by atoms with E-state index in [1.165, 1.54) is 11.3 Å². The van der Waals surface area contributed by atoms with Gasteiger partial charge in [0.2, 0.25) is 0 Å². The van der Waals surface area contributed by atoms with Gasteiger partial charge in [-0.2, -0.15) is 13.2 Å². The normalized spacial score (nSPS) is 11.3. The molecule has 2 N–H and O–H groups in total. The molecule has 3 rings (SSSR count). The zero-order chi connectivity index (χ0) is 21.3. The summed E-state index contributed by atoms with van der Waals surface area (Å²) in [7, 11) is 0. The molecule has 13 heteroatoms. The number of alkyl halides is 3. The van der Waals surface area contributed by atoms with E-state index in [1.807, 2.05) is 0 Å². The molecular formula is C16H10ClF3N4O3S2. The van der Waals surface area contributed by atoms with Crippen LogP contribution in [0.1, 0.15) is 20.9 Å². The number of carbonyl (C=O) groups excluding carboxylic acids is 1. The van der Waals surface area contributed by atoms with Crippen LogP contribution in [-0.4, -0.2) is 15.8 Å². The minimum absolute atomic E-state index is 0.242. The van der Waals surface area contributed by atoms with Crippen molar-refractivity contribution in [2.24, 2.45) is 0 Å². The first-order chi connectivity index (χ1) is 13.6. The van der Waals surface area contributed by atoms with Gasteiger partial charge in [-0.1, -0.05) is 11.6 Å². The second-order valence-corrected chi connectivity index (χ2v) is 8.32. The van der Waals surface area contributed by atoms with E-state index in [-0.39, 0.29) is 10.6 Å². The minimum atomic E-state index is -4.73. The van der Waals surface area contributed by atoms with Crippen molar-refractivity contribution >= 4 is 51.6 Å². The first kappa shape index (κ1) is 21.0. The maximum absolute atomic E-state index is 12.8. The standard InChI is InChI=1S/C16H10ClF3N4O3S2/c1-7-13(29-15(21-7)11-4-5-12(17)28-11)14(25)23-22-9-3-2-8(16(18,19)20)6-10(9)24(26)27/h2-6,22H,1H3,(H,23,25). The van der Waals surface area contributed by atoms with Gasteiger partial charge in [-0.15, -0.1) is 22.7 Å². The van der Waals surface area contributed by atoms with Crippen LogP contribution in [0.25, 0.3) is 9.88 Å². The number of hydrogen-bond acceptors (Lipinski definition) is 7. The van der Waals surface area contributed by atoms with E-state index in [4.69, 9.17) is 11.6 Å². The molecule has 0 saturated carbocycles. The number of anilines is 1. The lowest BCUT2D eigenvalue weighted by Gasteiger charge is -2.11. The number of nitro benzene ring substituents is 1. The lowest BCUT2D eigenvalue weighted by atomic mass is 10.1. The fourth-order valence-corrected chi connectivity index (χ4v) is 4.35. The van der Waals surface area contributed by atoms with E-state index in [0.717, 1.165) is 22.3 Å². The van der Waals surface area contributed by atoms with Crippen LogP contribution in [0.5, 0.6) is 0 Å². The van der Waals surface area contributed by atoms with Crippen molar-refractivity contribution in [1.29, 1.82) is 0 Å². The number of rotatable bonds is 5. The van der Waals surface area contributed by atoms with Crippen LogP contribution in [0.3, 0.4) is 0 Å². The Labute approximate surface area is 174 Å². The number of nitrogens with zero attached hydrogens (tertiary/aromatic N) is 2. The van der Waals surface area contributed by atoms with E-state index >= 15 is 0 Å². The highest BCUT2D eigenvalue weighted by molar-refractivity contribution is 7.24. The fraction of sp³-hybridized carbons (Fsp3) is 0.125. The van der Waals surface area contributed by atoms with Gasteiger partial charge in [0.25, 0.3) is 11.6 Å². The number of aromatic nitrogens is 1. The quantitative estimate of drug-likeness (QED) is 0.384. The Morgan fingerprint density at radius 3 is 2.55 bits per heavy atom. The highest BCUT2D eigenvalue weighted by Gasteiger charge is 2.33. The molecule has 0 aliphatic carbocycles. The molecule has 0 atom stereocenters. The molecule has 2 heterocycles. The number of thiazole rings is 1. The molecule has 0 fully saturated rings. The molecule has 0 unspecified atom stereocenters. The summed E-state index contributed by atoms with van der Waals surface area (Å²) in [6.07, 6.45) is -4.73. The van der Waals surface area contributed by atoms with E-state index in [2.05, 4.69) is 15.8 Å². The first-order valence-electron chi connectivity index (χ1n) is 7.71. The van der Waals surface area contributed by atoms with Gasteiger partial charge >= 0.3 is 6.18 Å². The second kappa shape index (κ2) is 7.97. The number of aryl methyl sites for hydroxylation is 1. The fourth-order valence-electron chi connectivity index (χ4n) is 2.29. The Morgan fingerprint density at radius 1 is 1.24 bits per heavy atom. The van der Waals surface area contributed by atoms with E-state index in [9.17, 15) is 28.1 Å². The lowest BCUT2D eigenvalue weighted by molar-refractivity contribution is -0.384. The second-order valence-electron chi connectivity index (χ2n) is 5.60. The number of halogens is 4. The van der Waals surface area contributed by atoms with Crippen molar-refractivity contribution in [3.63, 3.8) is 0 Å². The number of hydrogen-bond donors (Lipinski definition) is 2. The predicted octanol–water partition coefficient (Wildman–Crippen LogP) is 5.52. The van der Waals surface area contributed by atoms with Crippen molar-refractivity contribution in [3.8, 4) is 9.88 Å². The first-order valence-corrected chi connectivity index (χ1v) is 9.72. The lowest BCUT2D eigenvalue weighted by Crippen LogP contribution is -2.29. The van der Waals surface area contributed by atoms with Crippen LogP contribution >= 0.6 is 34.3 Å². The van der Waals surface area contributed by atoms with Crippen LogP contribution in [0.15, 0.2) is 30.3 Å². The Bertz CT molecular complexity index is 1100. The van der Waals surface area contributed by atoms with E-state index in [0.29, 0.717) is 27.2 Å². The largest absolute Gasteiger partial charge is 0.416 e. The van der Waals surface area contributed by atoms with Crippen molar-refractivity contribution in [2.45, 2.75) is 13.1 Å². The molecule has 2 aromatic heterocycles. The number of benzene rings is 1. The summed E-state index contributed by atoms with van der Waals surface area (Å²) in [4.78, 5) is 27.9. The van der Waals surface area contributed by atoms with Gasteiger partial charge in [0.1, 0.15) is 15.6 Å². The summed E-state index contributed by atoms with van der Waals surface area (Å²) in [6.45, 7) is 1.62. The third kappa shape index (κ3) is 4.66. The average Bonchev–Trinajstić information content (AvgIpc) is 3.24. The topological polar surface area (TPSA) is 97.2 Å². The summed E-state index contributed by atoms with van der Waals surface area (Å²) in [5.74, 6) is -0.636. The molecule has 3 aromatic rings. The smallest absolute Gasteiger partial charge is 0.292 e. The molecular weight excluding hydrogens is 453 g/mol. The highest BCUT2D eigenvalue weighted by atomic mass is 35.5. The zero-order valence-electron chi connectivity index (χ0n) is 14.3. The SMILES string of the molecule is Cc1nc(-c2ccc(Cl)s2)sc1C(=O)NNc1ccc(C(F)(F)F)cc1[N+](=O)[O-]. The Kier molecular flexibility index (Phi) is 5.78. The van der Waals surface area contributed by atoms with Crippen molar-refractivity contribution in [2.75, 3.05) is 5.43 Å². The number of thiophene rings is 1. The molecule has 0 bridgehead atoms. The van der Waals surface area contributed by atoms with Gasteiger partial charge in [0.05, 0.1) is 25.4 Å². The predicted molar refractivity (Wildman–Crippen MR) is 104 cm³/mol. The van der Waals surface area contributed by atoms with Crippen molar-refractivity contribution in [3.05, 3.63) is 60.9 Å². The van der Waals surface area contributed by atoms with Crippen LogP contribution in [0.4, 0.5) is 24.5 Å². The van der Waals surface area contributed by atoms with Crippen molar-refractivity contribution in [1.82, 2.24) is 10.4 Å². The van der Waals surface area contributed by atoms with Crippen molar-refractivity contribution < 1.29 is 22.9 Å². The van der Waals surface area contributed by atoms with Gasteiger partial charge in [-0.05, 0) is 31.2 Å². The third-order valence-electron chi connectivity index (χ3n) is 3.62. The van der Waals surface area contributed by atoms with Gasteiger partial charge in [-0.25, -0.2) is 4.98 Å². The number of carbonyl (C=O) groups is 1. The Hall–Kier alpha value is -2.70. The molecule has 29 heavy (non-hydrogen) atoms. The average molecular weight is 463 g/mol. The maximum atomic E-state index is 12.8. The molecule has 0 spiro atoms. The van der Waals surface area contributed by atoms with Gasteiger partial charge in [-0.3, -0.25) is 25.8 Å². The monoisotopic (exact) mass is 462 g/mol. The molecule has 0 radical (unpaired) electrons. The number of amides is 1. The van der Waals surface area contributed by atoms with Crippen LogP contribution < -0.4 is 10.9 Å². The van der Waals surface area contributed by atoms with Gasteiger partial charge in [0.15, 0.2) is 0 Å². The number of hydrazine groups is 1. The number of nitrogens with one attached hydrogen (secondary N) is 2. The molecule has 0 aliphatic rings. The maximum Gasteiger partial charge on any atom is 0.416 e. The molecule has 0 aliphatic heterocycles. The Balaban J connectivity index is 1.79. The molecule has 1 amide bonds. The van der Waals surface area contributed by atoms with Gasteiger partial charge in [0, 0.05) is 6.07 Å².